The van der Waals surface area contributed by atoms with Gasteiger partial charge in [-0.25, -0.2) is 0 Å². The molecule has 5 nitrogen and oxygen atoms in total. The Morgan fingerprint density at radius 2 is 1.87 bits per heavy atom. The largest absolute Gasteiger partial charge is 0.355 e. The van der Waals surface area contributed by atoms with E-state index in [9.17, 15) is 4.79 Å². The van der Waals surface area contributed by atoms with E-state index in [1.54, 1.807) is 14.1 Å². The first-order valence-electron chi connectivity index (χ1n) is 7.76. The van der Waals surface area contributed by atoms with Crippen LogP contribution < -0.4 is 16.0 Å². The van der Waals surface area contributed by atoms with Gasteiger partial charge < -0.3 is 16.0 Å². The van der Waals surface area contributed by atoms with Crippen molar-refractivity contribution in [3.05, 3.63) is 48.7 Å². The third kappa shape index (κ3) is 11.1. The summed E-state index contributed by atoms with van der Waals surface area (Å²) in [7, 11) is 3.50. The molecule has 0 heterocycles. The fourth-order valence-corrected chi connectivity index (χ4v) is 1.70. The lowest BCUT2D eigenvalue weighted by atomic mass is 10.1. The molecule has 0 fully saturated rings. The number of likely N-dealkylation sites (N-methyl/N-ethyl adjacent to an activating group) is 1. The van der Waals surface area contributed by atoms with Gasteiger partial charge in [0.25, 0.3) is 0 Å². The van der Waals surface area contributed by atoms with Gasteiger partial charge in [0, 0.05) is 25.7 Å². The Labute approximate surface area is 140 Å². The number of amidine groups is 1. The molecular formula is C18H30N4O. The number of nitrogens with one attached hydrogen (secondary N) is 3. The first kappa shape index (κ1) is 20.9. The number of amides is 1. The van der Waals surface area contributed by atoms with Crippen LogP contribution in [0.2, 0.25) is 0 Å². The third-order valence-corrected chi connectivity index (χ3v) is 3.02. The third-order valence-electron chi connectivity index (χ3n) is 3.02. The summed E-state index contributed by atoms with van der Waals surface area (Å²) in [5.41, 5.74) is 2.49. The first-order valence-corrected chi connectivity index (χ1v) is 7.76. The zero-order valence-electron chi connectivity index (χ0n) is 14.7. The van der Waals surface area contributed by atoms with Gasteiger partial charge in [0.1, 0.15) is 5.84 Å². The zero-order chi connectivity index (χ0) is 17.7. The molecule has 0 unspecified atom stereocenters. The lowest BCUT2D eigenvalue weighted by molar-refractivity contribution is -0.120. The molecule has 0 saturated carbocycles. The predicted molar refractivity (Wildman–Crippen MR) is 99.5 cm³/mol. The van der Waals surface area contributed by atoms with Crippen LogP contribution in [0, 0.1) is 0 Å². The molecule has 0 rings (SSSR count). The molecule has 128 valence electrons. The summed E-state index contributed by atoms with van der Waals surface area (Å²) in [6, 6.07) is 0. The molecule has 0 bridgehead atoms. The van der Waals surface area contributed by atoms with Crippen LogP contribution in [0.4, 0.5) is 0 Å². The zero-order valence-corrected chi connectivity index (χ0v) is 14.7. The molecule has 0 aromatic heterocycles. The average molecular weight is 318 g/mol. The van der Waals surface area contributed by atoms with Crippen LogP contribution in [0.1, 0.15) is 26.2 Å². The second-order valence-corrected chi connectivity index (χ2v) is 5.32. The summed E-state index contributed by atoms with van der Waals surface area (Å²) in [6.45, 7) is 14.7. The highest BCUT2D eigenvalue weighted by Crippen LogP contribution is 2.07. The number of allylic oxidation sites excluding steroid dienone is 3. The molecule has 0 atom stereocenters. The molecule has 0 radical (unpaired) electrons. The van der Waals surface area contributed by atoms with Crippen LogP contribution in [0.3, 0.4) is 0 Å². The van der Waals surface area contributed by atoms with Crippen molar-refractivity contribution in [2.75, 3.05) is 27.2 Å². The summed E-state index contributed by atoms with van der Waals surface area (Å²) < 4.78 is 0. The van der Waals surface area contributed by atoms with Gasteiger partial charge in [-0.1, -0.05) is 37.5 Å². The Morgan fingerprint density at radius 3 is 2.43 bits per heavy atom. The van der Waals surface area contributed by atoms with Crippen LogP contribution in [-0.2, 0) is 4.79 Å². The van der Waals surface area contributed by atoms with Crippen LogP contribution in [0.15, 0.2) is 53.7 Å². The molecule has 0 saturated heterocycles. The van der Waals surface area contributed by atoms with Crippen LogP contribution in [0.5, 0.6) is 0 Å². The molecule has 0 aliphatic heterocycles. The maximum atomic E-state index is 11.3. The van der Waals surface area contributed by atoms with Crippen LogP contribution in [0.25, 0.3) is 0 Å². The first-order chi connectivity index (χ1) is 10.9. The Balaban J connectivity index is 4.08. The molecule has 0 aromatic carbocycles. The smallest absolute Gasteiger partial charge is 0.233 e. The SMILES string of the molecule is C=C(C)/C=C\C(=C)C(=C)NC(CCCCNC(=O)CNC)=NC. The summed E-state index contributed by atoms with van der Waals surface area (Å²) in [6.07, 6.45) is 6.41. The summed E-state index contributed by atoms with van der Waals surface area (Å²) in [5.74, 6) is 0.880. The van der Waals surface area contributed by atoms with Gasteiger partial charge in [-0.2, -0.15) is 0 Å². The lowest BCUT2D eigenvalue weighted by Gasteiger charge is -2.12. The fraction of sp³-hybridized carbons (Fsp3) is 0.444. The molecule has 0 aliphatic carbocycles. The monoisotopic (exact) mass is 318 g/mol. The van der Waals surface area contributed by atoms with Gasteiger partial charge in [0.15, 0.2) is 0 Å². The quantitative estimate of drug-likeness (QED) is 0.237. The van der Waals surface area contributed by atoms with E-state index in [-0.39, 0.29) is 5.91 Å². The molecule has 0 aliphatic rings. The highest BCUT2D eigenvalue weighted by atomic mass is 16.1. The molecular weight excluding hydrogens is 288 g/mol. The number of hydrogen-bond acceptors (Lipinski definition) is 3. The number of aliphatic imine (C=N–C) groups is 1. The van der Waals surface area contributed by atoms with Crippen molar-refractivity contribution in [1.29, 1.82) is 0 Å². The number of rotatable bonds is 11. The van der Waals surface area contributed by atoms with Crippen molar-refractivity contribution in [2.24, 2.45) is 4.99 Å². The predicted octanol–water partition coefficient (Wildman–Crippen LogP) is 2.31. The van der Waals surface area contributed by atoms with Crippen molar-refractivity contribution in [3.8, 4) is 0 Å². The topological polar surface area (TPSA) is 65.5 Å². The van der Waals surface area contributed by atoms with E-state index in [1.807, 2.05) is 19.1 Å². The minimum atomic E-state index is 0.0176. The number of carbonyl (C=O) groups is 1. The minimum absolute atomic E-state index is 0.0176. The highest BCUT2D eigenvalue weighted by molar-refractivity contribution is 5.84. The average Bonchev–Trinajstić information content (AvgIpc) is 2.50. The second kappa shape index (κ2) is 12.4. The lowest BCUT2D eigenvalue weighted by Crippen LogP contribution is -2.32. The van der Waals surface area contributed by atoms with Gasteiger partial charge in [-0.15, -0.1) is 0 Å². The van der Waals surface area contributed by atoms with Crippen LogP contribution in [-0.4, -0.2) is 38.9 Å². The van der Waals surface area contributed by atoms with Gasteiger partial charge in [-0.05, 0) is 32.4 Å². The van der Waals surface area contributed by atoms with Crippen molar-refractivity contribution >= 4 is 11.7 Å². The Morgan fingerprint density at radius 1 is 1.17 bits per heavy atom. The summed E-state index contributed by atoms with van der Waals surface area (Å²) in [4.78, 5) is 15.5. The maximum absolute atomic E-state index is 11.3. The molecule has 0 aromatic rings. The normalized spacial score (nSPS) is 11.3. The Kier molecular flexibility index (Phi) is 11.3. The van der Waals surface area contributed by atoms with E-state index in [0.29, 0.717) is 13.1 Å². The van der Waals surface area contributed by atoms with Crippen molar-refractivity contribution < 1.29 is 4.79 Å². The second-order valence-electron chi connectivity index (χ2n) is 5.32. The number of carbonyl (C=O) groups excluding carboxylic acids is 1. The molecule has 1 amide bonds. The van der Waals surface area contributed by atoms with E-state index >= 15 is 0 Å². The number of nitrogens with zero attached hydrogens (tertiary/aromatic N) is 1. The number of unbranched alkanes of at least 4 members (excludes halogenated alkanes) is 1. The fourth-order valence-electron chi connectivity index (χ4n) is 1.70. The summed E-state index contributed by atoms with van der Waals surface area (Å²) >= 11 is 0. The molecule has 5 heteroatoms. The van der Waals surface area contributed by atoms with E-state index in [0.717, 1.165) is 41.9 Å². The van der Waals surface area contributed by atoms with E-state index in [4.69, 9.17) is 0 Å². The summed E-state index contributed by atoms with van der Waals surface area (Å²) in [5, 5.41) is 8.85. The van der Waals surface area contributed by atoms with Gasteiger partial charge in [0.05, 0.1) is 6.54 Å². The van der Waals surface area contributed by atoms with Crippen LogP contribution >= 0.6 is 0 Å². The maximum Gasteiger partial charge on any atom is 0.233 e. The van der Waals surface area contributed by atoms with E-state index in [1.165, 1.54) is 0 Å². The molecule has 3 N–H and O–H groups in total. The van der Waals surface area contributed by atoms with Gasteiger partial charge >= 0.3 is 0 Å². The Bertz CT molecular complexity index is 489. The molecule has 0 spiro atoms. The number of hydrogen-bond donors (Lipinski definition) is 3. The highest BCUT2D eigenvalue weighted by Gasteiger charge is 2.03. The van der Waals surface area contributed by atoms with Gasteiger partial charge in [-0.3, -0.25) is 9.79 Å². The minimum Gasteiger partial charge on any atom is -0.355 e. The Hall–Kier alpha value is -2.14. The molecule has 23 heavy (non-hydrogen) atoms. The van der Waals surface area contributed by atoms with Crippen molar-refractivity contribution in [2.45, 2.75) is 26.2 Å². The van der Waals surface area contributed by atoms with Gasteiger partial charge in [0.2, 0.25) is 5.91 Å². The van der Waals surface area contributed by atoms with E-state index < -0.39 is 0 Å². The van der Waals surface area contributed by atoms with Crippen molar-refractivity contribution in [3.63, 3.8) is 0 Å². The standard InChI is InChI=1S/C18H30N4O/c1-14(2)10-11-15(3)16(4)22-17(20-6)9-7-8-12-21-18(23)13-19-5/h10-11,19H,1,3-4,7-9,12-13H2,2,5-6H3,(H,20,22)(H,21,23)/b11-10-. The van der Waals surface area contributed by atoms with E-state index in [2.05, 4.69) is 40.7 Å². The van der Waals surface area contributed by atoms with Crippen molar-refractivity contribution in [1.82, 2.24) is 16.0 Å².